The van der Waals surface area contributed by atoms with Gasteiger partial charge in [-0.25, -0.2) is 0 Å². The van der Waals surface area contributed by atoms with Crippen molar-refractivity contribution in [3.05, 3.63) is 0 Å². The zero-order valence-electron chi connectivity index (χ0n) is 10.4. The Morgan fingerprint density at radius 3 is 2.56 bits per heavy atom. The summed E-state index contributed by atoms with van der Waals surface area (Å²) in [5.74, 6) is 1.47. The lowest BCUT2D eigenvalue weighted by atomic mass is 9.76. The molecule has 1 aliphatic heterocycles. The second-order valence-electron chi connectivity index (χ2n) is 5.39. The van der Waals surface area contributed by atoms with Gasteiger partial charge in [0.15, 0.2) is 0 Å². The van der Waals surface area contributed by atoms with E-state index in [0.717, 1.165) is 19.0 Å². The van der Waals surface area contributed by atoms with Crippen LogP contribution in [0.3, 0.4) is 0 Å². The summed E-state index contributed by atoms with van der Waals surface area (Å²) < 4.78 is 4.96. The number of hydrogen-bond acceptors (Lipinski definition) is 3. The van der Waals surface area contributed by atoms with E-state index in [-0.39, 0.29) is 11.9 Å². The van der Waals surface area contributed by atoms with Crippen LogP contribution in [0.5, 0.6) is 0 Å². The van der Waals surface area contributed by atoms with Crippen LogP contribution in [0, 0.1) is 17.8 Å². The molecule has 2 fully saturated rings. The smallest absolute Gasteiger partial charge is 0.310 e. The lowest BCUT2D eigenvalue weighted by Crippen LogP contribution is -2.44. The van der Waals surface area contributed by atoms with Crippen molar-refractivity contribution in [2.45, 2.75) is 32.1 Å². The number of likely N-dealkylation sites (tertiary alicyclic amines) is 1. The molecule has 0 aromatic heterocycles. The van der Waals surface area contributed by atoms with Crippen molar-refractivity contribution in [3.8, 4) is 0 Å². The van der Waals surface area contributed by atoms with Crippen LogP contribution in [-0.2, 0) is 9.53 Å². The molecule has 0 spiro atoms. The molecule has 2 rings (SSSR count). The first-order chi connectivity index (χ1) is 7.72. The molecule has 0 bridgehead atoms. The highest BCUT2D eigenvalue weighted by Crippen LogP contribution is 2.39. The molecule has 16 heavy (non-hydrogen) atoms. The van der Waals surface area contributed by atoms with E-state index in [9.17, 15) is 4.79 Å². The minimum atomic E-state index is 0.00319. The van der Waals surface area contributed by atoms with Gasteiger partial charge in [-0.3, -0.25) is 4.79 Å². The first-order valence-electron chi connectivity index (χ1n) is 6.48. The van der Waals surface area contributed by atoms with Crippen LogP contribution in [0.2, 0.25) is 0 Å². The van der Waals surface area contributed by atoms with E-state index in [1.54, 1.807) is 0 Å². The summed E-state index contributed by atoms with van der Waals surface area (Å²) >= 11 is 0. The fourth-order valence-corrected chi connectivity index (χ4v) is 3.48. The quantitative estimate of drug-likeness (QED) is 0.672. The summed E-state index contributed by atoms with van der Waals surface area (Å²) in [6.07, 6.45) is 6.51. The lowest BCUT2D eigenvalue weighted by Gasteiger charge is -2.38. The number of carbonyl (C=O) groups excluding carboxylic acids is 1. The Morgan fingerprint density at radius 1 is 1.25 bits per heavy atom. The predicted molar refractivity (Wildman–Crippen MR) is 63.1 cm³/mol. The van der Waals surface area contributed by atoms with Crippen molar-refractivity contribution in [2.24, 2.45) is 17.8 Å². The van der Waals surface area contributed by atoms with E-state index in [4.69, 9.17) is 4.74 Å². The van der Waals surface area contributed by atoms with Crippen LogP contribution >= 0.6 is 0 Å². The standard InChI is InChI=1S/C13H23NO2/c1-14-8-7-11(10-5-3-4-6-10)12(9-14)13(15)16-2/h10-12H,3-9H2,1-2H3. The summed E-state index contributed by atoms with van der Waals surface area (Å²) in [5, 5.41) is 0. The molecule has 3 heteroatoms. The highest BCUT2D eigenvalue weighted by atomic mass is 16.5. The topological polar surface area (TPSA) is 29.5 Å². The van der Waals surface area contributed by atoms with Crippen LogP contribution in [0.1, 0.15) is 32.1 Å². The van der Waals surface area contributed by atoms with Crippen LogP contribution in [0.4, 0.5) is 0 Å². The molecule has 1 saturated heterocycles. The number of carbonyl (C=O) groups is 1. The SMILES string of the molecule is COC(=O)C1CN(C)CCC1C1CCCC1. The summed E-state index contributed by atoms with van der Waals surface area (Å²) in [7, 11) is 3.61. The van der Waals surface area contributed by atoms with Crippen LogP contribution in [0.25, 0.3) is 0 Å². The van der Waals surface area contributed by atoms with E-state index in [0.29, 0.717) is 5.92 Å². The van der Waals surface area contributed by atoms with Gasteiger partial charge in [0, 0.05) is 6.54 Å². The fraction of sp³-hybridized carbons (Fsp3) is 0.923. The van der Waals surface area contributed by atoms with Gasteiger partial charge in [0.25, 0.3) is 0 Å². The highest BCUT2D eigenvalue weighted by Gasteiger charge is 2.39. The van der Waals surface area contributed by atoms with Crippen LogP contribution in [-0.4, -0.2) is 38.1 Å². The number of piperidine rings is 1. The third-order valence-corrected chi connectivity index (χ3v) is 4.38. The van der Waals surface area contributed by atoms with Gasteiger partial charge in [0.1, 0.15) is 0 Å². The monoisotopic (exact) mass is 225 g/mol. The molecule has 0 amide bonds. The zero-order valence-corrected chi connectivity index (χ0v) is 10.4. The number of hydrogen-bond donors (Lipinski definition) is 0. The van der Waals surface area contributed by atoms with Crippen molar-refractivity contribution < 1.29 is 9.53 Å². The Labute approximate surface area is 98.1 Å². The van der Waals surface area contributed by atoms with Gasteiger partial charge in [0.2, 0.25) is 0 Å². The van der Waals surface area contributed by atoms with Gasteiger partial charge >= 0.3 is 5.97 Å². The predicted octanol–water partition coefficient (Wildman–Crippen LogP) is 1.92. The first kappa shape index (κ1) is 11.9. The lowest BCUT2D eigenvalue weighted by molar-refractivity contribution is -0.150. The molecule has 0 aromatic carbocycles. The van der Waals surface area contributed by atoms with Crippen molar-refractivity contribution in [1.82, 2.24) is 4.90 Å². The van der Waals surface area contributed by atoms with Crippen molar-refractivity contribution >= 4 is 5.97 Å². The number of rotatable bonds is 2. The summed E-state index contributed by atoms with van der Waals surface area (Å²) in [4.78, 5) is 14.1. The molecule has 2 atom stereocenters. The highest BCUT2D eigenvalue weighted by molar-refractivity contribution is 5.73. The van der Waals surface area contributed by atoms with Gasteiger partial charge in [-0.1, -0.05) is 25.7 Å². The minimum Gasteiger partial charge on any atom is -0.469 e. The summed E-state index contributed by atoms with van der Waals surface area (Å²) in [6.45, 7) is 2.02. The Balaban J connectivity index is 2.04. The van der Waals surface area contributed by atoms with E-state index in [1.165, 1.54) is 39.2 Å². The van der Waals surface area contributed by atoms with Crippen molar-refractivity contribution in [3.63, 3.8) is 0 Å². The van der Waals surface area contributed by atoms with E-state index < -0.39 is 0 Å². The maximum Gasteiger partial charge on any atom is 0.310 e. The van der Waals surface area contributed by atoms with Gasteiger partial charge in [-0.2, -0.15) is 0 Å². The van der Waals surface area contributed by atoms with E-state index >= 15 is 0 Å². The maximum atomic E-state index is 11.8. The molecule has 92 valence electrons. The molecular weight excluding hydrogens is 202 g/mol. The average molecular weight is 225 g/mol. The molecule has 1 heterocycles. The number of ether oxygens (including phenoxy) is 1. The molecule has 0 N–H and O–H groups in total. The molecule has 0 aromatic rings. The summed E-state index contributed by atoms with van der Waals surface area (Å²) in [5.41, 5.74) is 0. The van der Waals surface area contributed by atoms with Gasteiger partial charge in [-0.05, 0) is 31.8 Å². The van der Waals surface area contributed by atoms with E-state index in [2.05, 4.69) is 11.9 Å². The zero-order chi connectivity index (χ0) is 11.5. The number of nitrogens with zero attached hydrogens (tertiary/aromatic N) is 1. The Kier molecular flexibility index (Phi) is 3.85. The maximum absolute atomic E-state index is 11.8. The minimum absolute atomic E-state index is 0.00319. The van der Waals surface area contributed by atoms with Crippen LogP contribution < -0.4 is 0 Å². The van der Waals surface area contributed by atoms with Crippen molar-refractivity contribution in [2.75, 3.05) is 27.2 Å². The fourth-order valence-electron chi connectivity index (χ4n) is 3.48. The van der Waals surface area contributed by atoms with Crippen LogP contribution in [0.15, 0.2) is 0 Å². The van der Waals surface area contributed by atoms with E-state index in [1.807, 2.05) is 0 Å². The Morgan fingerprint density at radius 2 is 1.94 bits per heavy atom. The number of esters is 1. The van der Waals surface area contributed by atoms with Gasteiger partial charge in [-0.15, -0.1) is 0 Å². The molecule has 3 nitrogen and oxygen atoms in total. The Hall–Kier alpha value is -0.570. The molecule has 2 unspecified atom stereocenters. The third-order valence-electron chi connectivity index (χ3n) is 4.38. The molecule has 1 saturated carbocycles. The molecule has 0 radical (unpaired) electrons. The third kappa shape index (κ3) is 2.40. The Bertz CT molecular complexity index is 248. The molecule has 2 aliphatic rings. The first-order valence-corrected chi connectivity index (χ1v) is 6.48. The summed E-state index contributed by atoms with van der Waals surface area (Å²) in [6, 6.07) is 0. The normalized spacial score (nSPS) is 32.9. The second-order valence-corrected chi connectivity index (χ2v) is 5.39. The van der Waals surface area contributed by atoms with Crippen molar-refractivity contribution in [1.29, 1.82) is 0 Å². The number of methoxy groups -OCH3 is 1. The largest absolute Gasteiger partial charge is 0.469 e. The van der Waals surface area contributed by atoms with Gasteiger partial charge in [0.05, 0.1) is 13.0 Å². The average Bonchev–Trinajstić information content (AvgIpc) is 2.81. The second kappa shape index (κ2) is 5.17. The molecule has 1 aliphatic carbocycles. The van der Waals surface area contributed by atoms with Gasteiger partial charge < -0.3 is 9.64 Å². The molecular formula is C13H23NO2.